The van der Waals surface area contributed by atoms with E-state index in [1.54, 1.807) is 31.2 Å². The smallest absolute Gasteiger partial charge is 0.358 e. The molecule has 0 aliphatic carbocycles. The fourth-order valence-corrected chi connectivity index (χ4v) is 1.87. The number of nitrogens with zero attached hydrogens (tertiary/aromatic N) is 1. The molecule has 0 spiro atoms. The Balaban J connectivity index is 2.02. The van der Waals surface area contributed by atoms with Gasteiger partial charge in [-0.25, -0.2) is 4.79 Å². The number of hydrogen-bond donors (Lipinski definition) is 0. The summed E-state index contributed by atoms with van der Waals surface area (Å²) < 4.78 is 5.68. The van der Waals surface area contributed by atoms with Crippen molar-refractivity contribution in [1.29, 1.82) is 5.26 Å². The molecule has 0 radical (unpaired) electrons. The number of benzene rings is 2. The second-order valence-electron chi connectivity index (χ2n) is 5.31. The van der Waals surface area contributed by atoms with Gasteiger partial charge in [0.1, 0.15) is 11.8 Å². The summed E-state index contributed by atoms with van der Waals surface area (Å²) in [5.74, 6) is 0.116. The van der Waals surface area contributed by atoms with Gasteiger partial charge < -0.3 is 4.74 Å². The maximum atomic E-state index is 11.6. The molecule has 2 aromatic carbocycles. The van der Waals surface area contributed by atoms with Crippen LogP contribution in [0.5, 0.6) is 11.5 Å². The third-order valence-corrected chi connectivity index (χ3v) is 3.51. The zero-order valence-corrected chi connectivity index (χ0v) is 13.6. The molecule has 2 unspecified atom stereocenters. The average molecular weight is 325 g/mol. The monoisotopic (exact) mass is 325 g/mol. The van der Waals surface area contributed by atoms with Crippen LogP contribution in [0.4, 0.5) is 0 Å². The van der Waals surface area contributed by atoms with Crippen LogP contribution in [0.25, 0.3) is 0 Å². The zero-order valence-electron chi connectivity index (χ0n) is 13.6. The lowest BCUT2D eigenvalue weighted by molar-refractivity contribution is -0.218. The molecule has 2 aromatic rings. The Kier molecular flexibility index (Phi) is 6.21. The first-order valence-corrected chi connectivity index (χ1v) is 7.73. The lowest BCUT2D eigenvalue weighted by Crippen LogP contribution is -2.16. The quantitative estimate of drug-likeness (QED) is 0.563. The molecule has 0 saturated heterocycles. The summed E-state index contributed by atoms with van der Waals surface area (Å²) in [6.07, 6.45) is -0.0594. The van der Waals surface area contributed by atoms with E-state index in [0.717, 1.165) is 5.56 Å². The largest absolute Gasteiger partial charge is 0.471 e. The molecule has 2 atom stereocenters. The lowest BCUT2D eigenvalue weighted by atomic mass is 10.1. The molecule has 0 heterocycles. The molecule has 124 valence electrons. The van der Waals surface area contributed by atoms with E-state index in [4.69, 9.17) is 14.5 Å². The second-order valence-corrected chi connectivity index (χ2v) is 5.31. The Morgan fingerprint density at radius 3 is 2.50 bits per heavy atom. The molecule has 0 aliphatic heterocycles. The number of hydrogen-bond acceptors (Lipinski definition) is 5. The van der Waals surface area contributed by atoms with Crippen molar-refractivity contribution in [3.63, 3.8) is 0 Å². The van der Waals surface area contributed by atoms with Crippen LogP contribution in [0.15, 0.2) is 54.6 Å². The summed E-state index contributed by atoms with van der Waals surface area (Å²) in [6.45, 7) is 3.66. The van der Waals surface area contributed by atoms with E-state index in [2.05, 4.69) is 6.07 Å². The molecule has 0 amide bonds. The second kappa shape index (κ2) is 8.59. The minimum atomic E-state index is -0.732. The molecular formula is C19H19NO4. The predicted molar refractivity (Wildman–Crippen MR) is 88.0 cm³/mol. The molecule has 0 saturated carbocycles. The van der Waals surface area contributed by atoms with Crippen LogP contribution >= 0.6 is 0 Å². The van der Waals surface area contributed by atoms with Gasteiger partial charge >= 0.3 is 5.97 Å². The Bertz CT molecular complexity index is 709. The van der Waals surface area contributed by atoms with E-state index in [9.17, 15) is 10.1 Å². The highest BCUT2D eigenvalue weighted by molar-refractivity contribution is 5.71. The van der Waals surface area contributed by atoms with Crippen molar-refractivity contribution in [2.24, 2.45) is 5.92 Å². The van der Waals surface area contributed by atoms with E-state index in [-0.39, 0.29) is 5.92 Å². The number of carbonyl (C=O) groups excluding carboxylic acids is 1. The Labute approximate surface area is 141 Å². The van der Waals surface area contributed by atoms with Crippen molar-refractivity contribution in [2.75, 3.05) is 0 Å². The van der Waals surface area contributed by atoms with E-state index in [1.807, 2.05) is 37.3 Å². The number of rotatable bonds is 7. The van der Waals surface area contributed by atoms with Gasteiger partial charge in [-0.2, -0.15) is 5.26 Å². The number of carbonyl (C=O) groups is 1. The van der Waals surface area contributed by atoms with Crippen molar-refractivity contribution >= 4 is 5.97 Å². The summed E-state index contributed by atoms with van der Waals surface area (Å²) in [5, 5.41) is 9.30. The molecule has 0 fully saturated rings. The van der Waals surface area contributed by atoms with Gasteiger partial charge in [0.2, 0.25) is 6.10 Å². The molecule has 5 nitrogen and oxygen atoms in total. The van der Waals surface area contributed by atoms with Crippen molar-refractivity contribution < 1.29 is 19.3 Å². The third-order valence-electron chi connectivity index (χ3n) is 3.51. The van der Waals surface area contributed by atoms with Crippen LogP contribution in [0.1, 0.15) is 31.9 Å². The van der Waals surface area contributed by atoms with Gasteiger partial charge in [-0.15, -0.1) is 0 Å². The maximum Gasteiger partial charge on any atom is 0.358 e. The first-order valence-electron chi connectivity index (χ1n) is 7.73. The van der Waals surface area contributed by atoms with E-state index in [1.165, 1.54) is 0 Å². The standard InChI is InChI=1S/C19H19NO4/c1-3-14(2)19(21)24-23-17-11-7-10-16(12-17)22-18(13-20)15-8-5-4-6-9-15/h4-12,14,18H,3H2,1-2H3. The molecule has 0 bridgehead atoms. The predicted octanol–water partition coefficient (Wildman–Crippen LogP) is 4.21. The third kappa shape index (κ3) is 4.75. The lowest BCUT2D eigenvalue weighted by Gasteiger charge is -2.13. The highest BCUT2D eigenvalue weighted by atomic mass is 17.2. The number of nitriles is 1. The molecule has 0 aromatic heterocycles. The molecular weight excluding hydrogens is 306 g/mol. The van der Waals surface area contributed by atoms with Gasteiger partial charge in [0, 0.05) is 11.6 Å². The highest BCUT2D eigenvalue weighted by Crippen LogP contribution is 2.25. The molecule has 0 aliphatic rings. The van der Waals surface area contributed by atoms with Crippen LogP contribution < -0.4 is 9.62 Å². The molecule has 24 heavy (non-hydrogen) atoms. The fraction of sp³-hybridized carbons (Fsp3) is 0.263. The summed E-state index contributed by atoms with van der Waals surface area (Å²) in [7, 11) is 0. The first kappa shape index (κ1) is 17.4. The fourth-order valence-electron chi connectivity index (χ4n) is 1.87. The van der Waals surface area contributed by atoms with Gasteiger partial charge in [0.25, 0.3) is 0 Å². The zero-order chi connectivity index (χ0) is 17.4. The Hall–Kier alpha value is -3.00. The van der Waals surface area contributed by atoms with Gasteiger partial charge in [0.05, 0.1) is 5.92 Å². The normalized spacial score (nSPS) is 12.5. The molecule has 0 N–H and O–H groups in total. The average Bonchev–Trinajstić information content (AvgIpc) is 2.64. The van der Waals surface area contributed by atoms with Gasteiger partial charge in [-0.05, 0) is 18.6 Å². The van der Waals surface area contributed by atoms with Crippen molar-refractivity contribution in [1.82, 2.24) is 0 Å². The van der Waals surface area contributed by atoms with Crippen LogP contribution in [0, 0.1) is 17.2 Å². The summed E-state index contributed by atoms with van der Waals surface area (Å²) in [5.41, 5.74) is 0.759. The van der Waals surface area contributed by atoms with Crippen molar-refractivity contribution in [2.45, 2.75) is 26.4 Å². The minimum Gasteiger partial charge on any atom is -0.471 e. The minimum absolute atomic E-state index is 0.231. The van der Waals surface area contributed by atoms with Gasteiger partial charge in [-0.3, -0.25) is 9.78 Å². The Morgan fingerprint density at radius 1 is 1.12 bits per heavy atom. The van der Waals surface area contributed by atoms with Gasteiger partial charge in [0.15, 0.2) is 5.75 Å². The summed E-state index contributed by atoms with van der Waals surface area (Å²) >= 11 is 0. The maximum absolute atomic E-state index is 11.6. The van der Waals surface area contributed by atoms with Crippen LogP contribution in [0.3, 0.4) is 0 Å². The molecule has 5 heteroatoms. The van der Waals surface area contributed by atoms with Gasteiger partial charge in [-0.1, -0.05) is 50.2 Å². The van der Waals surface area contributed by atoms with E-state index >= 15 is 0 Å². The van der Waals surface area contributed by atoms with Crippen LogP contribution in [0.2, 0.25) is 0 Å². The van der Waals surface area contributed by atoms with E-state index in [0.29, 0.717) is 17.9 Å². The topological polar surface area (TPSA) is 68.6 Å². The molecule has 2 rings (SSSR count). The summed E-state index contributed by atoms with van der Waals surface area (Å²) in [4.78, 5) is 21.5. The van der Waals surface area contributed by atoms with E-state index < -0.39 is 12.1 Å². The van der Waals surface area contributed by atoms with Crippen molar-refractivity contribution in [3.8, 4) is 17.6 Å². The summed E-state index contributed by atoms with van der Waals surface area (Å²) in [6, 6.07) is 17.9. The first-order chi connectivity index (χ1) is 11.6. The highest BCUT2D eigenvalue weighted by Gasteiger charge is 2.15. The van der Waals surface area contributed by atoms with Crippen LogP contribution in [-0.4, -0.2) is 5.97 Å². The Morgan fingerprint density at radius 2 is 1.83 bits per heavy atom. The SMILES string of the molecule is CCC(C)C(=O)OOc1cccc(OC(C#N)c2ccccc2)c1. The van der Waals surface area contributed by atoms with Crippen molar-refractivity contribution in [3.05, 3.63) is 60.2 Å². The number of ether oxygens (including phenoxy) is 1. The van der Waals surface area contributed by atoms with Crippen LogP contribution in [-0.2, 0) is 9.68 Å².